The van der Waals surface area contributed by atoms with Crippen LogP contribution in [0.1, 0.15) is 26.0 Å². The van der Waals surface area contributed by atoms with Gasteiger partial charge in [0.2, 0.25) is 5.09 Å². The van der Waals surface area contributed by atoms with Gasteiger partial charge in [0.25, 0.3) is 10.0 Å². The summed E-state index contributed by atoms with van der Waals surface area (Å²) in [6.07, 6.45) is 0.832. The van der Waals surface area contributed by atoms with E-state index in [0.717, 1.165) is 19.5 Å². The summed E-state index contributed by atoms with van der Waals surface area (Å²) in [7, 11) is -1.57. The van der Waals surface area contributed by atoms with Gasteiger partial charge >= 0.3 is 0 Å². The lowest BCUT2D eigenvalue weighted by atomic mass is 10.3. The molecule has 2 heterocycles. The molecule has 0 spiro atoms. The second kappa shape index (κ2) is 6.26. The molecule has 1 saturated heterocycles. The number of sulfonamides is 1. The highest BCUT2D eigenvalue weighted by molar-refractivity contribution is 7.89. The van der Waals surface area contributed by atoms with Crippen LogP contribution in [0, 0.1) is 0 Å². The van der Waals surface area contributed by atoms with Gasteiger partial charge < -0.3 is 14.6 Å². The van der Waals surface area contributed by atoms with Crippen LogP contribution in [0.25, 0.3) is 0 Å². The Morgan fingerprint density at radius 2 is 2.20 bits per heavy atom. The predicted molar refractivity (Wildman–Crippen MR) is 76.9 cm³/mol. The van der Waals surface area contributed by atoms with Crippen LogP contribution in [0.2, 0.25) is 0 Å². The highest BCUT2D eigenvalue weighted by Gasteiger charge is 2.27. The molecule has 1 aromatic heterocycles. The molecule has 0 aliphatic carbocycles. The average molecular weight is 301 g/mol. The molecular weight excluding hydrogens is 278 g/mol. The third-order valence-corrected chi connectivity index (χ3v) is 4.69. The quantitative estimate of drug-likeness (QED) is 0.811. The molecule has 0 saturated carbocycles. The van der Waals surface area contributed by atoms with Gasteiger partial charge in [-0.2, -0.15) is 0 Å². The molecule has 1 fully saturated rings. The summed E-state index contributed by atoms with van der Waals surface area (Å²) in [6, 6.07) is 3.50. The molecule has 2 N–H and O–H groups in total. The molecular formula is C13H23N3O3S. The van der Waals surface area contributed by atoms with Crippen LogP contribution in [-0.2, 0) is 16.6 Å². The van der Waals surface area contributed by atoms with Crippen LogP contribution >= 0.6 is 0 Å². The summed E-state index contributed by atoms with van der Waals surface area (Å²) >= 11 is 0. The summed E-state index contributed by atoms with van der Waals surface area (Å²) in [4.78, 5) is 2.10. The van der Waals surface area contributed by atoms with Crippen molar-refractivity contribution in [1.29, 1.82) is 0 Å². The Kier molecular flexibility index (Phi) is 4.85. The molecule has 1 atom stereocenters. The van der Waals surface area contributed by atoms with Crippen molar-refractivity contribution in [3.8, 4) is 0 Å². The SMILES string of the molecule is CC(C)NCc1ccc(S(=O)(=O)NC2CCN(C)C2)o1. The normalized spacial score (nSPS) is 20.9. The molecule has 1 unspecified atom stereocenters. The van der Waals surface area contributed by atoms with Crippen LogP contribution in [0.3, 0.4) is 0 Å². The van der Waals surface area contributed by atoms with Crippen molar-refractivity contribution in [3.63, 3.8) is 0 Å². The van der Waals surface area contributed by atoms with E-state index in [4.69, 9.17) is 4.42 Å². The molecule has 1 aromatic rings. The molecule has 6 nitrogen and oxygen atoms in total. The van der Waals surface area contributed by atoms with Gasteiger partial charge in [-0.1, -0.05) is 13.8 Å². The average Bonchev–Trinajstić information content (AvgIpc) is 2.95. The Morgan fingerprint density at radius 3 is 2.80 bits per heavy atom. The van der Waals surface area contributed by atoms with Gasteiger partial charge in [0.05, 0.1) is 6.54 Å². The summed E-state index contributed by atoms with van der Waals surface area (Å²) < 4.78 is 32.5. The van der Waals surface area contributed by atoms with E-state index in [1.807, 2.05) is 20.9 Å². The maximum atomic E-state index is 12.2. The third-order valence-electron chi connectivity index (χ3n) is 3.30. The molecule has 1 aliphatic rings. The van der Waals surface area contributed by atoms with Gasteiger partial charge in [-0.3, -0.25) is 0 Å². The van der Waals surface area contributed by atoms with Crippen LogP contribution in [0.15, 0.2) is 21.6 Å². The molecule has 0 amide bonds. The zero-order valence-electron chi connectivity index (χ0n) is 12.2. The first-order valence-corrected chi connectivity index (χ1v) is 8.38. The standard InChI is InChI=1S/C13H23N3O3S/c1-10(2)14-8-12-4-5-13(19-12)20(17,18)15-11-6-7-16(3)9-11/h4-5,10-11,14-15H,6-9H2,1-3H3. The number of nitrogens with one attached hydrogen (secondary N) is 2. The highest BCUT2D eigenvalue weighted by atomic mass is 32.2. The topological polar surface area (TPSA) is 74.6 Å². The van der Waals surface area contributed by atoms with Crippen LogP contribution in [0.5, 0.6) is 0 Å². The Balaban J connectivity index is 1.99. The molecule has 1 aliphatic heterocycles. The van der Waals surface area contributed by atoms with Gasteiger partial charge in [-0.25, -0.2) is 13.1 Å². The van der Waals surface area contributed by atoms with Gasteiger partial charge in [0.1, 0.15) is 5.76 Å². The van der Waals surface area contributed by atoms with Gasteiger partial charge in [0, 0.05) is 18.6 Å². The maximum Gasteiger partial charge on any atom is 0.274 e. The van der Waals surface area contributed by atoms with Crippen molar-refractivity contribution < 1.29 is 12.8 Å². The monoisotopic (exact) mass is 301 g/mol. The van der Waals surface area contributed by atoms with Crippen molar-refractivity contribution >= 4 is 10.0 Å². The van der Waals surface area contributed by atoms with E-state index in [9.17, 15) is 8.42 Å². The molecule has 20 heavy (non-hydrogen) atoms. The summed E-state index contributed by atoms with van der Waals surface area (Å²) in [5.41, 5.74) is 0. The number of rotatable bonds is 6. The van der Waals surface area contributed by atoms with E-state index >= 15 is 0 Å². The highest BCUT2D eigenvalue weighted by Crippen LogP contribution is 2.16. The minimum absolute atomic E-state index is 0.00684. The number of hydrogen-bond acceptors (Lipinski definition) is 5. The lowest BCUT2D eigenvalue weighted by molar-refractivity contribution is 0.387. The lowest BCUT2D eigenvalue weighted by Crippen LogP contribution is -2.36. The third kappa shape index (κ3) is 4.05. The van der Waals surface area contributed by atoms with E-state index in [2.05, 4.69) is 14.9 Å². The summed E-state index contributed by atoms with van der Waals surface area (Å²) in [5, 5.41) is 3.18. The van der Waals surface area contributed by atoms with Crippen molar-refractivity contribution in [2.24, 2.45) is 0 Å². The minimum atomic E-state index is -3.56. The minimum Gasteiger partial charge on any atom is -0.447 e. The number of nitrogens with zero attached hydrogens (tertiary/aromatic N) is 1. The van der Waals surface area contributed by atoms with Crippen LogP contribution in [0.4, 0.5) is 0 Å². The number of hydrogen-bond donors (Lipinski definition) is 2. The van der Waals surface area contributed by atoms with E-state index in [-0.39, 0.29) is 11.1 Å². The van der Waals surface area contributed by atoms with E-state index in [1.54, 1.807) is 6.07 Å². The zero-order valence-corrected chi connectivity index (χ0v) is 13.0. The van der Waals surface area contributed by atoms with Gasteiger partial charge in [-0.05, 0) is 32.1 Å². The zero-order chi connectivity index (χ0) is 14.8. The smallest absolute Gasteiger partial charge is 0.274 e. The van der Waals surface area contributed by atoms with Crippen LogP contribution in [-0.4, -0.2) is 45.5 Å². The summed E-state index contributed by atoms with van der Waals surface area (Å²) in [6.45, 7) is 6.23. The largest absolute Gasteiger partial charge is 0.447 e. The van der Waals surface area contributed by atoms with Gasteiger partial charge in [0.15, 0.2) is 0 Å². The van der Waals surface area contributed by atoms with Crippen molar-refractivity contribution in [1.82, 2.24) is 14.9 Å². The van der Waals surface area contributed by atoms with Crippen molar-refractivity contribution in [3.05, 3.63) is 17.9 Å². The fourth-order valence-corrected chi connectivity index (χ4v) is 3.42. The van der Waals surface area contributed by atoms with Gasteiger partial charge in [-0.15, -0.1) is 0 Å². The van der Waals surface area contributed by atoms with E-state index < -0.39 is 10.0 Å². The predicted octanol–water partition coefficient (Wildman–Crippen LogP) is 0.760. The molecule has 114 valence electrons. The number of furan rings is 1. The maximum absolute atomic E-state index is 12.2. The Hall–Kier alpha value is -0.890. The first-order chi connectivity index (χ1) is 9.37. The number of likely N-dealkylation sites (tertiary alicyclic amines) is 1. The molecule has 7 heteroatoms. The molecule has 2 rings (SSSR count). The first kappa shape index (κ1) is 15.5. The summed E-state index contributed by atoms with van der Waals surface area (Å²) in [5.74, 6) is 0.627. The Labute approximate surface area is 120 Å². The van der Waals surface area contributed by atoms with Crippen molar-refractivity contribution in [2.45, 2.75) is 44.0 Å². The second-order valence-corrected chi connectivity index (χ2v) is 7.27. The van der Waals surface area contributed by atoms with Crippen LogP contribution < -0.4 is 10.0 Å². The fourth-order valence-electron chi connectivity index (χ4n) is 2.21. The molecule has 0 radical (unpaired) electrons. The Bertz CT molecular complexity index is 539. The van der Waals surface area contributed by atoms with E-state index in [1.165, 1.54) is 6.07 Å². The number of likely N-dealkylation sites (N-methyl/N-ethyl adjacent to an activating group) is 1. The first-order valence-electron chi connectivity index (χ1n) is 6.90. The van der Waals surface area contributed by atoms with Crippen molar-refractivity contribution in [2.75, 3.05) is 20.1 Å². The second-order valence-electron chi connectivity index (χ2n) is 5.63. The fraction of sp³-hybridized carbons (Fsp3) is 0.692. The lowest BCUT2D eigenvalue weighted by Gasteiger charge is -2.11. The Morgan fingerprint density at radius 1 is 1.45 bits per heavy atom. The molecule has 0 bridgehead atoms. The molecule has 0 aromatic carbocycles. The van der Waals surface area contributed by atoms with E-state index in [0.29, 0.717) is 18.3 Å².